The van der Waals surface area contributed by atoms with Gasteiger partial charge in [0.15, 0.2) is 0 Å². The first-order valence-electron chi connectivity index (χ1n) is 11.5. The number of aryl methyl sites for hydroxylation is 1. The summed E-state index contributed by atoms with van der Waals surface area (Å²) >= 11 is 0. The minimum absolute atomic E-state index is 0.0161. The van der Waals surface area contributed by atoms with Crippen molar-refractivity contribution >= 4 is 52.0 Å². The molecule has 2 heterocycles. The Morgan fingerprint density at radius 1 is 0.921 bits per heavy atom. The number of alkyl halides is 3. The molecule has 0 fully saturated rings. The lowest BCUT2D eigenvalue weighted by molar-refractivity contribution is -0.137. The predicted molar refractivity (Wildman–Crippen MR) is 140 cm³/mol. The normalized spacial score (nSPS) is 13.7. The van der Waals surface area contributed by atoms with Crippen molar-refractivity contribution in [2.24, 2.45) is 0 Å². The number of amides is 3. The van der Waals surface area contributed by atoms with Crippen molar-refractivity contribution in [1.82, 2.24) is 9.97 Å². The van der Waals surface area contributed by atoms with Gasteiger partial charge >= 0.3 is 12.2 Å². The molecule has 3 amide bonds. The van der Waals surface area contributed by atoms with Gasteiger partial charge in [0.25, 0.3) is 5.91 Å². The van der Waals surface area contributed by atoms with Crippen molar-refractivity contribution in [3.8, 4) is 0 Å². The second-order valence-electron chi connectivity index (χ2n) is 8.59. The Hall–Kier alpha value is -5.06. The van der Waals surface area contributed by atoms with Crippen LogP contribution in [-0.2, 0) is 11.0 Å². The number of nitrogens with zero attached hydrogens (tertiary/aromatic N) is 1. The third-order valence-electron chi connectivity index (χ3n) is 5.66. The molecule has 1 aliphatic rings. The van der Waals surface area contributed by atoms with Gasteiger partial charge in [-0.05, 0) is 61.5 Å². The summed E-state index contributed by atoms with van der Waals surface area (Å²) < 4.78 is 38.7. The van der Waals surface area contributed by atoms with E-state index in [1.54, 1.807) is 42.6 Å². The molecule has 0 saturated carbocycles. The van der Waals surface area contributed by atoms with E-state index in [1.807, 2.05) is 19.1 Å². The molecule has 192 valence electrons. The number of imidazole rings is 1. The van der Waals surface area contributed by atoms with E-state index in [1.165, 1.54) is 12.1 Å². The average Bonchev–Trinajstić information content (AvgIpc) is 3.40. The van der Waals surface area contributed by atoms with Crippen LogP contribution in [0.1, 0.15) is 22.6 Å². The number of carbonyl (C=O) groups excluding carboxylic acids is 2. The van der Waals surface area contributed by atoms with Gasteiger partial charge in [0, 0.05) is 40.2 Å². The van der Waals surface area contributed by atoms with Gasteiger partial charge in [-0.25, -0.2) is 9.78 Å². The first-order chi connectivity index (χ1) is 18.1. The van der Waals surface area contributed by atoms with Crippen molar-refractivity contribution in [1.29, 1.82) is 0 Å². The Balaban J connectivity index is 1.27. The van der Waals surface area contributed by atoms with Crippen LogP contribution < -0.4 is 21.3 Å². The molecule has 0 saturated heterocycles. The Labute approximate surface area is 215 Å². The van der Waals surface area contributed by atoms with Crippen LogP contribution in [0.25, 0.3) is 11.6 Å². The molecule has 8 nitrogen and oxygen atoms in total. The van der Waals surface area contributed by atoms with E-state index in [0.717, 1.165) is 23.4 Å². The quantitative estimate of drug-likeness (QED) is 0.191. The molecule has 0 unspecified atom stereocenters. The van der Waals surface area contributed by atoms with Crippen LogP contribution in [-0.4, -0.2) is 21.9 Å². The standard InChI is InChI=1S/C27H21F3N6O2/c1-15-14-31-24(32-15)13-22-21-9-8-20(12-23(21)36-25(22)37)33-18-6-3-7-19(11-18)35-26(38)34-17-5-2-4-16(10-17)27(28,29)30/h2-14,33H,1H3,(H,31,32)(H,36,37)(H2,34,35,38). The number of carbonyl (C=O) groups is 2. The Morgan fingerprint density at radius 3 is 2.32 bits per heavy atom. The van der Waals surface area contributed by atoms with Crippen molar-refractivity contribution in [2.75, 3.05) is 21.3 Å². The number of halogens is 3. The summed E-state index contributed by atoms with van der Waals surface area (Å²) in [4.78, 5) is 32.2. The SMILES string of the molecule is Cc1cnc(C=C2C(=O)Nc3cc(Nc4cccc(NC(=O)Nc5cccc(C(F)(F)F)c5)c4)ccc32)[nH]1. The fourth-order valence-electron chi connectivity index (χ4n) is 3.97. The van der Waals surface area contributed by atoms with Gasteiger partial charge in [-0.15, -0.1) is 0 Å². The van der Waals surface area contributed by atoms with Crippen LogP contribution in [0.5, 0.6) is 0 Å². The Kier molecular flexibility index (Phi) is 6.33. The summed E-state index contributed by atoms with van der Waals surface area (Å²) in [7, 11) is 0. The number of aromatic nitrogens is 2. The van der Waals surface area contributed by atoms with Gasteiger partial charge in [-0.3, -0.25) is 4.79 Å². The largest absolute Gasteiger partial charge is 0.416 e. The zero-order chi connectivity index (χ0) is 26.9. The van der Waals surface area contributed by atoms with Crippen molar-refractivity contribution in [3.63, 3.8) is 0 Å². The average molecular weight is 518 g/mol. The number of rotatable bonds is 5. The Morgan fingerprint density at radius 2 is 1.61 bits per heavy atom. The second kappa shape index (κ2) is 9.77. The van der Waals surface area contributed by atoms with E-state index in [0.29, 0.717) is 34.1 Å². The maximum atomic E-state index is 12.9. The van der Waals surface area contributed by atoms with Gasteiger partial charge in [0.1, 0.15) is 5.82 Å². The molecule has 5 N–H and O–H groups in total. The Bertz CT molecular complexity index is 1580. The molecule has 3 aromatic carbocycles. The molecule has 1 aliphatic heterocycles. The fraction of sp³-hybridized carbons (Fsp3) is 0.0741. The van der Waals surface area contributed by atoms with Gasteiger partial charge in [-0.1, -0.05) is 18.2 Å². The third-order valence-corrected chi connectivity index (χ3v) is 5.66. The number of anilines is 5. The molecular formula is C27H21F3N6O2. The van der Waals surface area contributed by atoms with E-state index in [4.69, 9.17) is 0 Å². The number of benzene rings is 3. The highest BCUT2D eigenvalue weighted by Gasteiger charge is 2.30. The molecule has 0 radical (unpaired) electrons. The van der Waals surface area contributed by atoms with E-state index >= 15 is 0 Å². The highest BCUT2D eigenvalue weighted by Crippen LogP contribution is 2.36. The lowest BCUT2D eigenvalue weighted by Gasteiger charge is -2.12. The maximum Gasteiger partial charge on any atom is 0.416 e. The summed E-state index contributed by atoms with van der Waals surface area (Å²) in [5.74, 6) is 0.355. The molecule has 0 spiro atoms. The van der Waals surface area contributed by atoms with Crippen LogP contribution in [0.2, 0.25) is 0 Å². The highest BCUT2D eigenvalue weighted by atomic mass is 19.4. The fourth-order valence-corrected chi connectivity index (χ4v) is 3.97. The predicted octanol–water partition coefficient (Wildman–Crippen LogP) is 6.62. The minimum Gasteiger partial charge on any atom is -0.355 e. The summed E-state index contributed by atoms with van der Waals surface area (Å²) in [5, 5.41) is 11.1. The lowest BCUT2D eigenvalue weighted by Crippen LogP contribution is -2.19. The lowest BCUT2D eigenvalue weighted by atomic mass is 10.1. The molecule has 1 aromatic heterocycles. The van der Waals surface area contributed by atoms with E-state index in [9.17, 15) is 22.8 Å². The first-order valence-corrected chi connectivity index (χ1v) is 11.5. The third kappa shape index (κ3) is 5.51. The number of urea groups is 1. The van der Waals surface area contributed by atoms with Crippen molar-refractivity contribution in [2.45, 2.75) is 13.1 Å². The first kappa shape index (κ1) is 24.6. The summed E-state index contributed by atoms with van der Waals surface area (Å²) in [6.45, 7) is 1.88. The van der Waals surface area contributed by atoms with Crippen molar-refractivity contribution < 1.29 is 22.8 Å². The van der Waals surface area contributed by atoms with Crippen LogP contribution in [0.15, 0.2) is 72.9 Å². The number of nitrogens with one attached hydrogen (secondary N) is 5. The molecular weight excluding hydrogens is 497 g/mol. The maximum absolute atomic E-state index is 12.9. The van der Waals surface area contributed by atoms with E-state index < -0.39 is 17.8 Å². The zero-order valence-electron chi connectivity index (χ0n) is 19.9. The van der Waals surface area contributed by atoms with Crippen LogP contribution in [0.3, 0.4) is 0 Å². The van der Waals surface area contributed by atoms with Gasteiger partial charge in [-0.2, -0.15) is 13.2 Å². The molecule has 4 aromatic rings. The topological polar surface area (TPSA) is 111 Å². The molecule has 0 aliphatic carbocycles. The second-order valence-corrected chi connectivity index (χ2v) is 8.59. The van der Waals surface area contributed by atoms with Crippen LogP contribution >= 0.6 is 0 Å². The van der Waals surface area contributed by atoms with Crippen molar-refractivity contribution in [3.05, 3.63) is 95.6 Å². The summed E-state index contributed by atoms with van der Waals surface area (Å²) in [5.41, 5.74) is 3.71. The van der Waals surface area contributed by atoms with E-state index in [2.05, 4.69) is 31.2 Å². The van der Waals surface area contributed by atoms with Gasteiger partial charge in [0.2, 0.25) is 0 Å². The monoisotopic (exact) mass is 518 g/mol. The smallest absolute Gasteiger partial charge is 0.355 e. The number of H-pyrrole nitrogens is 1. The summed E-state index contributed by atoms with van der Waals surface area (Å²) in [6, 6.07) is 15.9. The molecule has 5 rings (SSSR count). The van der Waals surface area contributed by atoms with Gasteiger partial charge < -0.3 is 26.3 Å². The number of fused-ring (bicyclic) bond motifs is 1. The zero-order valence-corrected chi connectivity index (χ0v) is 19.9. The van der Waals surface area contributed by atoms with Gasteiger partial charge in [0.05, 0.1) is 16.8 Å². The minimum atomic E-state index is -4.51. The molecule has 0 bridgehead atoms. The number of hydrogen-bond donors (Lipinski definition) is 5. The molecule has 0 atom stereocenters. The molecule has 38 heavy (non-hydrogen) atoms. The number of aromatic amines is 1. The molecule has 11 heteroatoms. The summed E-state index contributed by atoms with van der Waals surface area (Å²) in [6.07, 6.45) is -1.13. The number of hydrogen-bond acceptors (Lipinski definition) is 4. The highest BCUT2D eigenvalue weighted by molar-refractivity contribution is 6.34. The van der Waals surface area contributed by atoms with Crippen LogP contribution in [0.4, 0.5) is 46.4 Å². The van der Waals surface area contributed by atoms with E-state index in [-0.39, 0.29) is 11.6 Å². The van der Waals surface area contributed by atoms with Crippen LogP contribution in [0, 0.1) is 6.92 Å².